The van der Waals surface area contributed by atoms with E-state index in [1.54, 1.807) is 12.1 Å². The zero-order valence-corrected chi connectivity index (χ0v) is 13.6. The van der Waals surface area contributed by atoms with E-state index in [0.717, 1.165) is 18.7 Å². The van der Waals surface area contributed by atoms with E-state index in [4.69, 9.17) is 0 Å². The molecular weight excluding hydrogens is 322 g/mol. The Labute approximate surface area is 127 Å². The summed E-state index contributed by atoms with van der Waals surface area (Å²) in [5, 5.41) is 14.4. The molecule has 0 aliphatic carbocycles. The van der Waals surface area contributed by atoms with Crippen LogP contribution >= 0.6 is 15.9 Å². The van der Waals surface area contributed by atoms with Crippen LogP contribution in [0.5, 0.6) is 0 Å². The maximum atomic E-state index is 11.0. The maximum absolute atomic E-state index is 11.0. The van der Waals surface area contributed by atoms with E-state index >= 15 is 0 Å². The number of benzene rings is 1. The molecule has 6 heteroatoms. The quantitative estimate of drug-likeness (QED) is 0.675. The van der Waals surface area contributed by atoms with Crippen molar-refractivity contribution >= 4 is 27.3 Å². The van der Waals surface area contributed by atoms with Gasteiger partial charge in [0.2, 0.25) is 0 Å². The minimum absolute atomic E-state index is 0.101. The largest absolute Gasteiger partial charge is 0.382 e. The summed E-state index contributed by atoms with van der Waals surface area (Å²) in [5.41, 5.74) is 0.914. The minimum Gasteiger partial charge on any atom is -0.382 e. The molecule has 1 aromatic carbocycles. The van der Waals surface area contributed by atoms with Gasteiger partial charge in [0.05, 0.1) is 9.40 Å². The van der Waals surface area contributed by atoms with E-state index in [0.29, 0.717) is 22.5 Å². The first-order valence-electron chi connectivity index (χ1n) is 6.79. The van der Waals surface area contributed by atoms with Crippen LogP contribution in [0.1, 0.15) is 20.3 Å². The number of nitrogens with zero attached hydrogens (tertiary/aromatic N) is 2. The summed E-state index contributed by atoms with van der Waals surface area (Å²) >= 11 is 3.21. The van der Waals surface area contributed by atoms with Crippen LogP contribution in [0, 0.1) is 16.0 Å². The average molecular weight is 342 g/mol. The Morgan fingerprint density at radius 2 is 2.15 bits per heavy atom. The fourth-order valence-corrected chi connectivity index (χ4v) is 3.09. The molecule has 0 spiro atoms. The van der Waals surface area contributed by atoms with Crippen LogP contribution in [0.3, 0.4) is 0 Å². The Hall–Kier alpha value is -1.14. The summed E-state index contributed by atoms with van der Waals surface area (Å²) in [5.74, 6) is 0.513. The van der Waals surface area contributed by atoms with E-state index < -0.39 is 0 Å². The second-order valence-electron chi connectivity index (χ2n) is 5.68. The van der Waals surface area contributed by atoms with Gasteiger partial charge in [-0.05, 0) is 54.4 Å². The Bertz CT molecular complexity index is 509. The van der Waals surface area contributed by atoms with E-state index in [-0.39, 0.29) is 10.6 Å². The smallest absolute Gasteiger partial charge is 0.285 e. The van der Waals surface area contributed by atoms with E-state index in [2.05, 4.69) is 47.0 Å². The third kappa shape index (κ3) is 3.30. The SMILES string of the molecule is CC1CN(C)C(C)CC1Nc1ccc(Br)c([N+](=O)[O-])c1. The van der Waals surface area contributed by atoms with Crippen molar-refractivity contribution in [3.05, 3.63) is 32.8 Å². The van der Waals surface area contributed by atoms with Crippen LogP contribution < -0.4 is 5.32 Å². The molecule has 1 aliphatic rings. The van der Waals surface area contributed by atoms with Crippen molar-refractivity contribution in [2.75, 3.05) is 18.9 Å². The van der Waals surface area contributed by atoms with Crippen molar-refractivity contribution < 1.29 is 4.92 Å². The number of anilines is 1. The summed E-state index contributed by atoms with van der Waals surface area (Å²) in [7, 11) is 2.14. The summed E-state index contributed by atoms with van der Waals surface area (Å²) in [6, 6.07) is 6.08. The van der Waals surface area contributed by atoms with E-state index in [1.807, 2.05) is 6.07 Å². The molecule has 1 fully saturated rings. The van der Waals surface area contributed by atoms with Gasteiger partial charge in [0.15, 0.2) is 0 Å². The Kier molecular flexibility index (Phi) is 4.65. The molecule has 1 aromatic rings. The van der Waals surface area contributed by atoms with Gasteiger partial charge in [-0.3, -0.25) is 10.1 Å². The highest BCUT2D eigenvalue weighted by Crippen LogP contribution is 2.30. The monoisotopic (exact) mass is 341 g/mol. The van der Waals surface area contributed by atoms with Crippen molar-refractivity contribution in [2.24, 2.45) is 5.92 Å². The van der Waals surface area contributed by atoms with Crippen molar-refractivity contribution in [3.8, 4) is 0 Å². The lowest BCUT2D eigenvalue weighted by molar-refractivity contribution is -0.385. The maximum Gasteiger partial charge on any atom is 0.285 e. The van der Waals surface area contributed by atoms with Gasteiger partial charge in [-0.25, -0.2) is 0 Å². The Morgan fingerprint density at radius 1 is 1.45 bits per heavy atom. The molecule has 3 atom stereocenters. The molecule has 0 aromatic heterocycles. The van der Waals surface area contributed by atoms with Crippen LogP contribution in [0.4, 0.5) is 11.4 Å². The molecule has 20 heavy (non-hydrogen) atoms. The predicted octanol–water partition coefficient (Wildman–Crippen LogP) is 3.50. The Balaban J connectivity index is 2.14. The van der Waals surface area contributed by atoms with Crippen molar-refractivity contribution in [3.63, 3.8) is 0 Å². The molecule has 0 radical (unpaired) electrons. The number of halogens is 1. The standard InChI is InChI=1S/C14H20BrN3O2/c1-9-8-17(3)10(2)6-13(9)16-11-4-5-12(15)14(7-11)18(19)20/h4-5,7,9-10,13,16H,6,8H2,1-3H3. The van der Waals surface area contributed by atoms with Crippen molar-refractivity contribution in [2.45, 2.75) is 32.4 Å². The molecule has 1 N–H and O–H groups in total. The lowest BCUT2D eigenvalue weighted by atomic mass is 9.89. The average Bonchev–Trinajstić information content (AvgIpc) is 2.37. The summed E-state index contributed by atoms with van der Waals surface area (Å²) < 4.78 is 0.512. The van der Waals surface area contributed by atoms with E-state index in [9.17, 15) is 10.1 Å². The fourth-order valence-electron chi connectivity index (χ4n) is 2.70. The highest BCUT2D eigenvalue weighted by Gasteiger charge is 2.29. The number of hydrogen-bond acceptors (Lipinski definition) is 4. The first-order chi connectivity index (χ1) is 9.38. The number of piperidine rings is 1. The minimum atomic E-state index is -0.365. The highest BCUT2D eigenvalue weighted by atomic mass is 79.9. The molecule has 5 nitrogen and oxygen atoms in total. The van der Waals surface area contributed by atoms with Gasteiger partial charge in [0, 0.05) is 30.4 Å². The summed E-state index contributed by atoms with van der Waals surface area (Å²) in [6.45, 7) is 5.47. The molecule has 3 unspecified atom stereocenters. The zero-order valence-electron chi connectivity index (χ0n) is 12.0. The van der Waals surface area contributed by atoms with Crippen LogP contribution in [0.2, 0.25) is 0 Å². The second kappa shape index (κ2) is 6.10. The molecule has 1 aliphatic heterocycles. The molecule has 0 bridgehead atoms. The van der Waals surface area contributed by atoms with Gasteiger partial charge in [0.25, 0.3) is 5.69 Å². The second-order valence-corrected chi connectivity index (χ2v) is 6.53. The van der Waals surface area contributed by atoms with Crippen molar-refractivity contribution in [1.82, 2.24) is 4.90 Å². The normalized spacial score (nSPS) is 27.3. The highest BCUT2D eigenvalue weighted by molar-refractivity contribution is 9.10. The van der Waals surface area contributed by atoms with Gasteiger partial charge in [-0.1, -0.05) is 6.92 Å². The molecule has 0 amide bonds. The predicted molar refractivity (Wildman–Crippen MR) is 84.1 cm³/mol. The first-order valence-corrected chi connectivity index (χ1v) is 7.58. The number of rotatable bonds is 3. The molecule has 110 valence electrons. The summed E-state index contributed by atoms with van der Waals surface area (Å²) in [4.78, 5) is 13.0. The third-order valence-electron chi connectivity index (χ3n) is 4.11. The number of nitrogens with one attached hydrogen (secondary N) is 1. The summed E-state index contributed by atoms with van der Waals surface area (Å²) in [6.07, 6.45) is 1.04. The van der Waals surface area contributed by atoms with E-state index in [1.165, 1.54) is 0 Å². The number of nitro groups is 1. The van der Waals surface area contributed by atoms with Gasteiger partial charge in [-0.2, -0.15) is 0 Å². The number of nitro benzene ring substituents is 1. The molecule has 2 rings (SSSR count). The topological polar surface area (TPSA) is 58.4 Å². The number of hydrogen-bond donors (Lipinski definition) is 1. The van der Waals surface area contributed by atoms with Crippen LogP contribution in [0.25, 0.3) is 0 Å². The lowest BCUT2D eigenvalue weighted by Crippen LogP contribution is -2.48. The van der Waals surface area contributed by atoms with Crippen molar-refractivity contribution in [1.29, 1.82) is 0 Å². The van der Waals surface area contributed by atoms with Crippen LogP contribution in [0.15, 0.2) is 22.7 Å². The third-order valence-corrected chi connectivity index (χ3v) is 4.78. The van der Waals surface area contributed by atoms with Gasteiger partial charge < -0.3 is 10.2 Å². The van der Waals surface area contributed by atoms with Crippen LogP contribution in [-0.2, 0) is 0 Å². The lowest BCUT2D eigenvalue weighted by Gasteiger charge is -2.40. The fraction of sp³-hybridized carbons (Fsp3) is 0.571. The van der Waals surface area contributed by atoms with Gasteiger partial charge in [0.1, 0.15) is 0 Å². The van der Waals surface area contributed by atoms with Gasteiger partial charge >= 0.3 is 0 Å². The Morgan fingerprint density at radius 3 is 2.80 bits per heavy atom. The first kappa shape index (κ1) is 15.3. The zero-order chi connectivity index (χ0) is 14.9. The molecule has 0 saturated carbocycles. The number of likely N-dealkylation sites (tertiary alicyclic amines) is 1. The molecule has 1 heterocycles. The molecule has 1 saturated heterocycles. The molecular formula is C14H20BrN3O2. The van der Waals surface area contributed by atoms with Gasteiger partial charge in [-0.15, -0.1) is 0 Å². The van der Waals surface area contributed by atoms with Crippen LogP contribution in [-0.4, -0.2) is 35.5 Å².